The van der Waals surface area contributed by atoms with Crippen LogP contribution in [0.2, 0.25) is 0 Å². The van der Waals surface area contributed by atoms with Crippen molar-refractivity contribution in [1.82, 2.24) is 5.32 Å². The molecule has 26 heavy (non-hydrogen) atoms. The number of halogens is 1. The minimum Gasteiger partial charge on any atom is -0.332 e. The van der Waals surface area contributed by atoms with Crippen molar-refractivity contribution in [2.75, 3.05) is 10.6 Å². The van der Waals surface area contributed by atoms with Crippen molar-refractivity contribution in [2.45, 2.75) is 20.8 Å². The molecule has 0 saturated carbocycles. The number of rotatable bonds is 3. The molecule has 0 radical (unpaired) electrons. The average Bonchev–Trinajstić information content (AvgIpc) is 2.54. The lowest BCUT2D eigenvalue weighted by molar-refractivity contribution is -0.123. The molecule has 136 valence electrons. The highest BCUT2D eigenvalue weighted by molar-refractivity contribution is 9.10. The highest BCUT2D eigenvalue weighted by atomic mass is 79.9. The molecule has 2 aromatic carbocycles. The molecule has 0 aliphatic carbocycles. The summed E-state index contributed by atoms with van der Waals surface area (Å²) < 4.78 is 0.811. The summed E-state index contributed by atoms with van der Waals surface area (Å²) >= 11 is 8.52. The first-order valence-electron chi connectivity index (χ1n) is 7.94. The van der Waals surface area contributed by atoms with E-state index in [-0.39, 0.29) is 16.9 Å². The van der Waals surface area contributed by atoms with Crippen LogP contribution in [-0.2, 0) is 4.79 Å². The number of anilines is 2. The molecule has 0 aliphatic rings. The minimum atomic E-state index is -0.489. The van der Waals surface area contributed by atoms with Gasteiger partial charge < -0.3 is 10.6 Å². The Bertz CT molecular complexity index is 847. The van der Waals surface area contributed by atoms with Gasteiger partial charge in [-0.2, -0.15) is 0 Å². The second-order valence-corrected chi connectivity index (χ2v) is 8.03. The SMILES string of the molecule is CC(C)(C)C(=O)Nc1cccc(NC(=S)NC(=O)c2cccc(Br)c2)c1. The maximum atomic E-state index is 12.2. The molecule has 0 spiro atoms. The molecule has 5 nitrogen and oxygen atoms in total. The molecule has 0 atom stereocenters. The van der Waals surface area contributed by atoms with Crippen LogP contribution >= 0.6 is 28.1 Å². The van der Waals surface area contributed by atoms with E-state index in [2.05, 4.69) is 31.9 Å². The van der Waals surface area contributed by atoms with Gasteiger partial charge in [0.05, 0.1) is 0 Å². The molecular weight excluding hydrogens is 414 g/mol. The van der Waals surface area contributed by atoms with E-state index in [1.165, 1.54) is 0 Å². The third-order valence-corrected chi connectivity index (χ3v) is 4.07. The largest absolute Gasteiger partial charge is 0.332 e. The Morgan fingerprint density at radius 2 is 1.58 bits per heavy atom. The van der Waals surface area contributed by atoms with Crippen molar-refractivity contribution in [3.05, 3.63) is 58.6 Å². The Kier molecular flexibility index (Phi) is 6.50. The highest BCUT2D eigenvalue weighted by Gasteiger charge is 2.21. The predicted octanol–water partition coefficient (Wildman–Crippen LogP) is 4.56. The van der Waals surface area contributed by atoms with Gasteiger partial charge in [0.1, 0.15) is 0 Å². The molecular formula is C19H20BrN3O2S. The van der Waals surface area contributed by atoms with Crippen molar-refractivity contribution in [3.8, 4) is 0 Å². The van der Waals surface area contributed by atoms with E-state index >= 15 is 0 Å². The minimum absolute atomic E-state index is 0.0832. The lowest BCUT2D eigenvalue weighted by Gasteiger charge is -2.18. The number of amides is 2. The first-order chi connectivity index (χ1) is 12.1. The Hall–Kier alpha value is -2.25. The Balaban J connectivity index is 2.00. The first-order valence-corrected chi connectivity index (χ1v) is 9.15. The van der Waals surface area contributed by atoms with Gasteiger partial charge in [-0.1, -0.05) is 48.8 Å². The fourth-order valence-corrected chi connectivity index (χ4v) is 2.57. The van der Waals surface area contributed by atoms with E-state index in [9.17, 15) is 9.59 Å². The number of hydrogen-bond acceptors (Lipinski definition) is 3. The summed E-state index contributed by atoms with van der Waals surface area (Å²) in [6.45, 7) is 5.53. The van der Waals surface area contributed by atoms with Crippen LogP contribution in [0.3, 0.4) is 0 Å². The van der Waals surface area contributed by atoms with Gasteiger partial charge >= 0.3 is 0 Å². The monoisotopic (exact) mass is 433 g/mol. The second kappa shape index (κ2) is 8.42. The summed E-state index contributed by atoms with van der Waals surface area (Å²) in [6, 6.07) is 14.1. The van der Waals surface area contributed by atoms with Crippen molar-refractivity contribution in [2.24, 2.45) is 5.41 Å². The molecule has 0 bridgehead atoms. The number of hydrogen-bond donors (Lipinski definition) is 3. The third kappa shape index (κ3) is 5.93. The molecule has 0 heterocycles. The van der Waals surface area contributed by atoms with Gasteiger partial charge in [0.2, 0.25) is 5.91 Å². The smallest absolute Gasteiger partial charge is 0.257 e. The van der Waals surface area contributed by atoms with Crippen LogP contribution in [0.5, 0.6) is 0 Å². The maximum absolute atomic E-state index is 12.2. The Morgan fingerprint density at radius 3 is 2.19 bits per heavy atom. The fraction of sp³-hybridized carbons (Fsp3) is 0.211. The molecule has 2 amide bonds. The normalized spacial score (nSPS) is 10.8. The van der Waals surface area contributed by atoms with Crippen LogP contribution in [0.15, 0.2) is 53.0 Å². The number of benzene rings is 2. The van der Waals surface area contributed by atoms with Crippen LogP contribution in [0.1, 0.15) is 31.1 Å². The van der Waals surface area contributed by atoms with E-state index in [1.807, 2.05) is 26.8 Å². The summed E-state index contributed by atoms with van der Waals surface area (Å²) in [4.78, 5) is 24.3. The molecule has 0 fully saturated rings. The van der Waals surface area contributed by atoms with Gasteiger partial charge in [0.15, 0.2) is 5.11 Å². The summed E-state index contributed by atoms with van der Waals surface area (Å²) in [6.07, 6.45) is 0. The second-order valence-electron chi connectivity index (χ2n) is 6.70. The van der Waals surface area contributed by atoms with Gasteiger partial charge in [0, 0.05) is 26.8 Å². The zero-order valence-electron chi connectivity index (χ0n) is 14.7. The molecule has 2 rings (SSSR count). The van der Waals surface area contributed by atoms with E-state index in [0.29, 0.717) is 16.9 Å². The molecule has 7 heteroatoms. The van der Waals surface area contributed by atoms with Crippen molar-refractivity contribution < 1.29 is 9.59 Å². The van der Waals surface area contributed by atoms with Crippen LogP contribution in [-0.4, -0.2) is 16.9 Å². The molecule has 3 N–H and O–H groups in total. The van der Waals surface area contributed by atoms with Crippen molar-refractivity contribution in [1.29, 1.82) is 0 Å². The highest BCUT2D eigenvalue weighted by Crippen LogP contribution is 2.20. The first kappa shape index (κ1) is 20.1. The number of carbonyl (C=O) groups excluding carboxylic acids is 2. The zero-order chi connectivity index (χ0) is 19.3. The molecule has 2 aromatic rings. The van der Waals surface area contributed by atoms with Gasteiger partial charge in [-0.3, -0.25) is 14.9 Å². The zero-order valence-corrected chi connectivity index (χ0v) is 17.1. The Labute approximate surface area is 166 Å². The van der Waals surface area contributed by atoms with Gasteiger partial charge in [-0.25, -0.2) is 0 Å². The lowest BCUT2D eigenvalue weighted by Crippen LogP contribution is -2.34. The van der Waals surface area contributed by atoms with Crippen LogP contribution < -0.4 is 16.0 Å². The van der Waals surface area contributed by atoms with Crippen LogP contribution in [0, 0.1) is 5.41 Å². The van der Waals surface area contributed by atoms with Crippen LogP contribution in [0.4, 0.5) is 11.4 Å². The van der Waals surface area contributed by atoms with Gasteiger partial charge in [-0.15, -0.1) is 0 Å². The Morgan fingerprint density at radius 1 is 0.962 bits per heavy atom. The molecule has 0 aliphatic heterocycles. The average molecular weight is 434 g/mol. The summed E-state index contributed by atoms with van der Waals surface area (Å²) in [7, 11) is 0. The summed E-state index contributed by atoms with van der Waals surface area (Å²) in [5.74, 6) is -0.388. The van der Waals surface area contributed by atoms with Crippen molar-refractivity contribution in [3.63, 3.8) is 0 Å². The van der Waals surface area contributed by atoms with Crippen LogP contribution in [0.25, 0.3) is 0 Å². The van der Waals surface area contributed by atoms with E-state index in [0.717, 1.165) is 4.47 Å². The van der Waals surface area contributed by atoms with E-state index in [4.69, 9.17) is 12.2 Å². The number of nitrogens with one attached hydrogen (secondary N) is 3. The fourth-order valence-electron chi connectivity index (χ4n) is 1.96. The quantitative estimate of drug-likeness (QED) is 0.620. The van der Waals surface area contributed by atoms with E-state index < -0.39 is 5.41 Å². The molecule has 0 unspecified atom stereocenters. The maximum Gasteiger partial charge on any atom is 0.257 e. The number of thiocarbonyl (C=S) groups is 1. The molecule has 0 saturated heterocycles. The van der Waals surface area contributed by atoms with Gasteiger partial charge in [-0.05, 0) is 48.6 Å². The summed E-state index contributed by atoms with van der Waals surface area (Å²) in [5.41, 5.74) is 1.32. The standard InChI is InChI=1S/C19H20BrN3O2S/c1-19(2,3)17(25)21-14-8-5-9-15(11-14)22-18(26)23-16(24)12-6-4-7-13(20)10-12/h4-11H,1-3H3,(H,21,25)(H2,22,23,24,26). The molecule has 0 aromatic heterocycles. The summed E-state index contributed by atoms with van der Waals surface area (Å²) in [5, 5.41) is 8.60. The lowest BCUT2D eigenvalue weighted by atomic mass is 9.95. The van der Waals surface area contributed by atoms with Gasteiger partial charge in [0.25, 0.3) is 5.91 Å². The topological polar surface area (TPSA) is 70.2 Å². The number of carbonyl (C=O) groups is 2. The van der Waals surface area contributed by atoms with Crippen molar-refractivity contribution >= 4 is 56.4 Å². The third-order valence-electron chi connectivity index (χ3n) is 3.37. The predicted molar refractivity (Wildman–Crippen MR) is 112 cm³/mol. The van der Waals surface area contributed by atoms with E-state index in [1.54, 1.807) is 42.5 Å².